The van der Waals surface area contributed by atoms with Crippen molar-refractivity contribution in [1.29, 1.82) is 0 Å². The van der Waals surface area contributed by atoms with Gasteiger partial charge >= 0.3 is 12.0 Å². The lowest BCUT2D eigenvalue weighted by Gasteiger charge is -2.07. The van der Waals surface area contributed by atoms with Crippen LogP contribution in [-0.4, -0.2) is 17.1 Å². The predicted octanol–water partition coefficient (Wildman–Crippen LogP) is 0.262. The molecule has 0 heterocycles. The molecule has 1 atom stereocenters. The zero-order valence-electron chi connectivity index (χ0n) is 7.81. The van der Waals surface area contributed by atoms with Crippen LogP contribution in [0.1, 0.15) is 11.6 Å². The third-order valence-corrected chi connectivity index (χ3v) is 1.80. The SMILES string of the molecule is NC(=O)Nc1ccc(C(N)C(=O)O)cc1. The lowest BCUT2D eigenvalue weighted by Crippen LogP contribution is -2.21. The Bertz CT molecular complexity index is 375. The molecule has 1 unspecified atom stereocenters. The number of anilines is 1. The standard InChI is InChI=1S/C9H11N3O3/c10-7(8(13)14)5-1-3-6(4-2-5)12-9(11)15/h1-4,7H,10H2,(H,13,14)(H3,11,12,15). The first kappa shape index (κ1) is 11.0. The molecule has 2 amide bonds. The van der Waals surface area contributed by atoms with Gasteiger partial charge in [0.2, 0.25) is 0 Å². The Morgan fingerprint density at radius 2 is 1.80 bits per heavy atom. The lowest BCUT2D eigenvalue weighted by atomic mass is 10.1. The molecule has 6 nitrogen and oxygen atoms in total. The maximum absolute atomic E-state index is 10.5. The Balaban J connectivity index is 2.80. The fraction of sp³-hybridized carbons (Fsp3) is 0.111. The van der Waals surface area contributed by atoms with E-state index in [4.69, 9.17) is 16.6 Å². The van der Waals surface area contributed by atoms with E-state index in [1.165, 1.54) is 24.3 Å². The van der Waals surface area contributed by atoms with Crippen molar-refractivity contribution >= 4 is 17.7 Å². The topological polar surface area (TPSA) is 118 Å². The predicted molar refractivity (Wildman–Crippen MR) is 54.2 cm³/mol. The van der Waals surface area contributed by atoms with Crippen LogP contribution >= 0.6 is 0 Å². The highest BCUT2D eigenvalue weighted by atomic mass is 16.4. The molecule has 1 rings (SSSR count). The highest BCUT2D eigenvalue weighted by molar-refractivity contribution is 5.87. The molecular weight excluding hydrogens is 198 g/mol. The molecule has 0 bridgehead atoms. The van der Waals surface area contributed by atoms with E-state index in [9.17, 15) is 9.59 Å². The smallest absolute Gasteiger partial charge is 0.325 e. The first-order valence-corrected chi connectivity index (χ1v) is 4.15. The quantitative estimate of drug-likeness (QED) is 0.570. The summed E-state index contributed by atoms with van der Waals surface area (Å²) in [7, 11) is 0. The molecule has 0 saturated carbocycles. The van der Waals surface area contributed by atoms with Crippen molar-refractivity contribution in [2.24, 2.45) is 11.5 Å². The minimum Gasteiger partial charge on any atom is -0.480 e. The van der Waals surface area contributed by atoms with Crippen LogP contribution in [0, 0.1) is 0 Å². The largest absolute Gasteiger partial charge is 0.480 e. The van der Waals surface area contributed by atoms with Gasteiger partial charge in [0.15, 0.2) is 0 Å². The van der Waals surface area contributed by atoms with E-state index in [1.54, 1.807) is 0 Å². The number of primary amides is 1. The van der Waals surface area contributed by atoms with Crippen molar-refractivity contribution in [2.75, 3.05) is 5.32 Å². The van der Waals surface area contributed by atoms with Crippen LogP contribution in [0.5, 0.6) is 0 Å². The van der Waals surface area contributed by atoms with Crippen molar-refractivity contribution in [3.05, 3.63) is 29.8 Å². The van der Waals surface area contributed by atoms with Crippen LogP contribution in [0.2, 0.25) is 0 Å². The summed E-state index contributed by atoms with van der Waals surface area (Å²) < 4.78 is 0. The summed E-state index contributed by atoms with van der Waals surface area (Å²) in [5.74, 6) is -1.11. The number of rotatable bonds is 3. The summed E-state index contributed by atoms with van der Waals surface area (Å²) >= 11 is 0. The third-order valence-electron chi connectivity index (χ3n) is 1.80. The third kappa shape index (κ3) is 2.96. The number of hydrogen-bond donors (Lipinski definition) is 4. The van der Waals surface area contributed by atoms with Crippen LogP contribution in [0.3, 0.4) is 0 Å². The van der Waals surface area contributed by atoms with Gasteiger partial charge in [0.1, 0.15) is 6.04 Å². The van der Waals surface area contributed by atoms with Gasteiger partial charge < -0.3 is 21.9 Å². The summed E-state index contributed by atoms with van der Waals surface area (Å²) in [6.07, 6.45) is 0. The van der Waals surface area contributed by atoms with E-state index in [1.807, 2.05) is 0 Å². The van der Waals surface area contributed by atoms with Gasteiger partial charge in [0.25, 0.3) is 0 Å². The molecule has 1 aromatic rings. The van der Waals surface area contributed by atoms with Crippen LogP contribution in [-0.2, 0) is 4.79 Å². The second-order valence-corrected chi connectivity index (χ2v) is 2.93. The van der Waals surface area contributed by atoms with Gasteiger partial charge in [-0.2, -0.15) is 0 Å². The number of carbonyl (C=O) groups is 2. The molecule has 15 heavy (non-hydrogen) atoms. The first-order valence-electron chi connectivity index (χ1n) is 4.15. The number of benzene rings is 1. The molecule has 0 fully saturated rings. The van der Waals surface area contributed by atoms with Crippen molar-refractivity contribution in [3.8, 4) is 0 Å². The van der Waals surface area contributed by atoms with Gasteiger partial charge in [-0.1, -0.05) is 12.1 Å². The number of carboxylic acid groups (broad SMARTS) is 1. The van der Waals surface area contributed by atoms with Crippen molar-refractivity contribution in [3.63, 3.8) is 0 Å². The number of carbonyl (C=O) groups excluding carboxylic acids is 1. The van der Waals surface area contributed by atoms with Gasteiger partial charge in [-0.15, -0.1) is 0 Å². The van der Waals surface area contributed by atoms with Crippen LogP contribution in [0.25, 0.3) is 0 Å². The Kier molecular flexibility index (Phi) is 3.25. The second-order valence-electron chi connectivity index (χ2n) is 2.93. The second kappa shape index (κ2) is 4.43. The highest BCUT2D eigenvalue weighted by Gasteiger charge is 2.13. The van der Waals surface area contributed by atoms with Gasteiger partial charge in [-0.3, -0.25) is 4.79 Å². The Hall–Kier alpha value is -2.08. The van der Waals surface area contributed by atoms with Gasteiger partial charge in [0.05, 0.1) is 0 Å². The molecule has 1 aromatic carbocycles. The molecule has 0 spiro atoms. The monoisotopic (exact) mass is 209 g/mol. The zero-order valence-corrected chi connectivity index (χ0v) is 7.81. The Morgan fingerprint density at radius 1 is 1.27 bits per heavy atom. The maximum Gasteiger partial charge on any atom is 0.325 e. The van der Waals surface area contributed by atoms with Crippen molar-refractivity contribution in [2.45, 2.75) is 6.04 Å². The number of carboxylic acids is 1. The zero-order chi connectivity index (χ0) is 11.4. The first-order chi connectivity index (χ1) is 7.00. The minimum absolute atomic E-state index is 0.456. The number of nitrogens with two attached hydrogens (primary N) is 2. The van der Waals surface area contributed by atoms with Gasteiger partial charge in [-0.25, -0.2) is 4.79 Å². The van der Waals surface area contributed by atoms with Crippen LogP contribution in [0.15, 0.2) is 24.3 Å². The summed E-state index contributed by atoms with van der Waals surface area (Å²) in [6.45, 7) is 0. The fourth-order valence-corrected chi connectivity index (χ4v) is 1.06. The minimum atomic E-state index is -1.11. The molecule has 6 N–H and O–H groups in total. The van der Waals surface area contributed by atoms with Crippen molar-refractivity contribution < 1.29 is 14.7 Å². The van der Waals surface area contributed by atoms with Crippen LogP contribution < -0.4 is 16.8 Å². The van der Waals surface area contributed by atoms with E-state index >= 15 is 0 Å². The van der Waals surface area contributed by atoms with E-state index in [0.29, 0.717) is 11.3 Å². The normalized spacial score (nSPS) is 11.8. The average Bonchev–Trinajstić information content (AvgIpc) is 2.17. The molecule has 0 radical (unpaired) electrons. The van der Waals surface area contributed by atoms with Crippen molar-refractivity contribution in [1.82, 2.24) is 0 Å². The number of aliphatic carboxylic acids is 1. The van der Waals surface area contributed by atoms with E-state index in [0.717, 1.165) is 0 Å². The maximum atomic E-state index is 10.5. The highest BCUT2D eigenvalue weighted by Crippen LogP contribution is 2.14. The Labute approximate surface area is 85.9 Å². The molecule has 0 aliphatic carbocycles. The number of urea groups is 1. The van der Waals surface area contributed by atoms with Gasteiger partial charge in [0, 0.05) is 5.69 Å². The summed E-state index contributed by atoms with van der Waals surface area (Å²) in [5.41, 5.74) is 11.2. The molecule has 0 aliphatic rings. The lowest BCUT2D eigenvalue weighted by molar-refractivity contribution is -0.138. The molecular formula is C9H11N3O3. The Morgan fingerprint density at radius 3 is 2.20 bits per heavy atom. The van der Waals surface area contributed by atoms with Crippen LogP contribution in [0.4, 0.5) is 10.5 Å². The van der Waals surface area contributed by atoms with E-state index in [2.05, 4.69) is 5.32 Å². The fourth-order valence-electron chi connectivity index (χ4n) is 1.06. The van der Waals surface area contributed by atoms with E-state index in [-0.39, 0.29) is 0 Å². The molecule has 0 aromatic heterocycles. The number of hydrogen-bond acceptors (Lipinski definition) is 3. The molecule has 0 saturated heterocycles. The average molecular weight is 209 g/mol. The molecule has 6 heteroatoms. The summed E-state index contributed by atoms with van der Waals surface area (Å²) in [6, 6.07) is 4.36. The van der Waals surface area contributed by atoms with E-state index < -0.39 is 18.0 Å². The molecule has 0 aliphatic heterocycles. The summed E-state index contributed by atoms with van der Waals surface area (Å²) in [4.78, 5) is 21.0. The van der Waals surface area contributed by atoms with Gasteiger partial charge in [-0.05, 0) is 17.7 Å². The number of nitrogens with one attached hydrogen (secondary N) is 1. The molecule has 80 valence electrons. The summed E-state index contributed by atoms with van der Waals surface area (Å²) in [5, 5.41) is 11.0. The number of amides is 2.